The first kappa shape index (κ1) is 31.4. The first-order valence-corrected chi connectivity index (χ1v) is 21.0. The molecular weight excluding hydrogens is 488 g/mol. The van der Waals surface area contributed by atoms with Crippen LogP contribution in [0.1, 0.15) is 84.0 Å². The molecule has 0 amide bonds. The van der Waals surface area contributed by atoms with Gasteiger partial charge in [-0.25, -0.2) is 9.37 Å². The molecular formula is C28H52O6Si2. The molecule has 1 N–H and O–H groups in total. The normalized spacial score (nSPS) is 25.6. The van der Waals surface area contributed by atoms with Crippen LogP contribution in [0.25, 0.3) is 0 Å². The maximum atomic E-state index is 13.0. The van der Waals surface area contributed by atoms with Crippen molar-refractivity contribution in [3.8, 4) is 0 Å². The maximum absolute atomic E-state index is 13.0. The summed E-state index contributed by atoms with van der Waals surface area (Å²) in [6, 6.07) is 0. The van der Waals surface area contributed by atoms with Gasteiger partial charge in [0.1, 0.15) is 5.78 Å². The van der Waals surface area contributed by atoms with Gasteiger partial charge in [-0.2, -0.15) is 0 Å². The standard InChI is InChI=1S/C28H52O6Si2/c1-28(31,27(30)32-34-36(5,6)7)20-14-8-9-18-23-24(19-13-12-17-22-15-10-11-16-22)26(21-25(23)29)33-35(2,3)4/h13,19,22-24,26,31H,8-12,14-18,20-21H2,1-7H3/t23-,24-,26-,28?/m1/s1. The van der Waals surface area contributed by atoms with Gasteiger partial charge in [0.15, 0.2) is 13.9 Å². The summed E-state index contributed by atoms with van der Waals surface area (Å²) in [5.74, 6) is 0.628. The smallest absolute Gasteiger partial charge is 0.371 e. The Balaban J connectivity index is 1.85. The lowest BCUT2D eigenvalue weighted by Crippen LogP contribution is -2.39. The Morgan fingerprint density at radius 3 is 2.31 bits per heavy atom. The van der Waals surface area contributed by atoms with Gasteiger partial charge >= 0.3 is 5.97 Å². The molecule has 0 aromatic carbocycles. The zero-order valence-electron chi connectivity index (χ0n) is 23.9. The van der Waals surface area contributed by atoms with Gasteiger partial charge in [0, 0.05) is 18.3 Å². The van der Waals surface area contributed by atoms with E-state index >= 15 is 0 Å². The number of aliphatic hydroxyl groups is 1. The number of carbonyl (C=O) groups is 2. The van der Waals surface area contributed by atoms with Gasteiger partial charge in [-0.05, 0) is 84.2 Å². The van der Waals surface area contributed by atoms with E-state index in [2.05, 4.69) is 31.8 Å². The molecule has 2 rings (SSSR count). The fourth-order valence-corrected chi connectivity index (χ4v) is 6.87. The van der Waals surface area contributed by atoms with Crippen LogP contribution in [0, 0.1) is 17.8 Å². The van der Waals surface area contributed by atoms with Crippen LogP contribution in [0.4, 0.5) is 0 Å². The molecule has 36 heavy (non-hydrogen) atoms. The van der Waals surface area contributed by atoms with Crippen LogP contribution in [0.5, 0.6) is 0 Å². The van der Waals surface area contributed by atoms with E-state index in [1.165, 1.54) is 39.0 Å². The highest BCUT2D eigenvalue weighted by atomic mass is 28.4. The van der Waals surface area contributed by atoms with Crippen LogP contribution in [0.3, 0.4) is 0 Å². The zero-order chi connectivity index (χ0) is 27.0. The summed E-state index contributed by atoms with van der Waals surface area (Å²) in [7, 11) is -3.76. The molecule has 2 fully saturated rings. The molecule has 4 atom stereocenters. The van der Waals surface area contributed by atoms with Crippen molar-refractivity contribution in [3.63, 3.8) is 0 Å². The highest BCUT2D eigenvalue weighted by Gasteiger charge is 2.42. The SMILES string of the molecule is CC(O)(CCCCC[C@H]1C(=O)C[C@@H](O[Si](C)(C)C)[C@@H]1C=CCCC1CCCC1)C(=O)OO[Si](C)(C)C. The van der Waals surface area contributed by atoms with Gasteiger partial charge in [0.25, 0.3) is 0 Å². The van der Waals surface area contributed by atoms with Crippen molar-refractivity contribution in [1.29, 1.82) is 0 Å². The summed E-state index contributed by atoms with van der Waals surface area (Å²) in [6.45, 7) is 13.8. The molecule has 0 aliphatic heterocycles. The molecule has 2 aliphatic carbocycles. The molecule has 0 aromatic rings. The Morgan fingerprint density at radius 1 is 1.03 bits per heavy atom. The van der Waals surface area contributed by atoms with Gasteiger partial charge in [-0.1, -0.05) is 50.7 Å². The Hall–Kier alpha value is -0.806. The summed E-state index contributed by atoms with van der Waals surface area (Å²) in [6.07, 6.45) is 16.5. The van der Waals surface area contributed by atoms with Crippen molar-refractivity contribution in [3.05, 3.63) is 12.2 Å². The van der Waals surface area contributed by atoms with E-state index in [0.717, 1.165) is 31.6 Å². The quantitative estimate of drug-likeness (QED) is 0.0796. The number of ketones is 1. The average Bonchev–Trinajstić information content (AvgIpc) is 3.35. The molecule has 0 saturated heterocycles. The minimum atomic E-state index is -2.01. The fraction of sp³-hybridized carbons (Fsp3) is 0.857. The lowest BCUT2D eigenvalue weighted by Gasteiger charge is -2.28. The number of hydrogen-bond donors (Lipinski definition) is 1. The second kappa shape index (κ2) is 13.8. The van der Waals surface area contributed by atoms with Crippen molar-refractivity contribution in [1.82, 2.24) is 0 Å². The van der Waals surface area contributed by atoms with E-state index in [0.29, 0.717) is 25.0 Å². The lowest BCUT2D eigenvalue weighted by atomic mass is 9.88. The van der Waals surface area contributed by atoms with Gasteiger partial charge < -0.3 is 14.4 Å². The molecule has 0 bridgehead atoms. The number of allylic oxidation sites excluding steroid dienone is 1. The van der Waals surface area contributed by atoms with E-state index in [1.807, 2.05) is 19.6 Å². The molecule has 2 aliphatic rings. The van der Waals surface area contributed by atoms with E-state index < -0.39 is 28.2 Å². The Kier molecular flexibility index (Phi) is 12.1. The number of rotatable bonds is 15. The van der Waals surface area contributed by atoms with Crippen molar-refractivity contribution in [2.75, 3.05) is 0 Å². The number of hydrogen-bond acceptors (Lipinski definition) is 6. The summed E-state index contributed by atoms with van der Waals surface area (Å²) in [5, 5.41) is 10.5. The zero-order valence-corrected chi connectivity index (χ0v) is 25.9. The fourth-order valence-electron chi connectivity index (χ4n) is 5.39. The van der Waals surface area contributed by atoms with Crippen molar-refractivity contribution < 1.29 is 28.6 Å². The van der Waals surface area contributed by atoms with Crippen LogP contribution in [-0.4, -0.2) is 45.2 Å². The lowest BCUT2D eigenvalue weighted by molar-refractivity contribution is -0.237. The minimum Gasteiger partial charge on any atom is -0.414 e. The maximum Gasteiger partial charge on any atom is 0.371 e. The van der Waals surface area contributed by atoms with Crippen molar-refractivity contribution in [2.24, 2.45) is 17.8 Å². The van der Waals surface area contributed by atoms with Gasteiger partial charge in [0.2, 0.25) is 8.32 Å². The Bertz CT molecular complexity index is 731. The molecule has 0 heterocycles. The van der Waals surface area contributed by atoms with Crippen LogP contribution in [-0.2, 0) is 23.5 Å². The third-order valence-electron chi connectivity index (χ3n) is 7.28. The second-order valence-corrected chi connectivity index (χ2v) is 22.1. The van der Waals surface area contributed by atoms with E-state index in [9.17, 15) is 14.7 Å². The largest absolute Gasteiger partial charge is 0.414 e. The molecule has 1 unspecified atom stereocenters. The van der Waals surface area contributed by atoms with Crippen LogP contribution in [0.2, 0.25) is 39.3 Å². The number of carbonyl (C=O) groups excluding carboxylic acids is 2. The molecule has 208 valence electrons. The molecule has 6 nitrogen and oxygen atoms in total. The first-order valence-electron chi connectivity index (χ1n) is 14.2. The highest BCUT2D eigenvalue weighted by Crippen LogP contribution is 2.38. The van der Waals surface area contributed by atoms with Crippen LogP contribution >= 0.6 is 0 Å². The molecule has 8 heteroatoms. The first-order chi connectivity index (χ1) is 16.7. The third-order valence-corrected chi connectivity index (χ3v) is 8.87. The van der Waals surface area contributed by atoms with Crippen LogP contribution < -0.4 is 0 Å². The van der Waals surface area contributed by atoms with Gasteiger partial charge in [-0.15, -0.1) is 0 Å². The molecule has 0 radical (unpaired) electrons. The van der Waals surface area contributed by atoms with E-state index in [1.54, 1.807) is 0 Å². The number of unbranched alkanes of at least 4 members (excludes halogenated alkanes) is 2. The molecule has 0 spiro atoms. The summed E-state index contributed by atoms with van der Waals surface area (Å²) in [4.78, 5) is 30.0. The predicted molar refractivity (Wildman–Crippen MR) is 149 cm³/mol. The summed E-state index contributed by atoms with van der Waals surface area (Å²) < 4.78 is 11.6. The molecule has 2 saturated carbocycles. The van der Waals surface area contributed by atoms with Crippen molar-refractivity contribution >= 4 is 28.4 Å². The van der Waals surface area contributed by atoms with Gasteiger partial charge in [0.05, 0.1) is 6.10 Å². The van der Waals surface area contributed by atoms with Crippen LogP contribution in [0.15, 0.2) is 12.2 Å². The number of Topliss-reactive ketones (excluding diaryl/α,β-unsaturated/α-hetero) is 1. The summed E-state index contributed by atoms with van der Waals surface area (Å²) >= 11 is 0. The van der Waals surface area contributed by atoms with E-state index in [4.69, 9.17) is 13.9 Å². The van der Waals surface area contributed by atoms with Crippen molar-refractivity contribution in [2.45, 2.75) is 135 Å². The monoisotopic (exact) mass is 540 g/mol. The minimum absolute atomic E-state index is 0.00114. The van der Waals surface area contributed by atoms with E-state index in [-0.39, 0.29) is 17.9 Å². The second-order valence-electron chi connectivity index (χ2n) is 13.2. The Morgan fingerprint density at radius 2 is 1.69 bits per heavy atom. The highest BCUT2D eigenvalue weighted by molar-refractivity contribution is 6.70. The predicted octanol–water partition coefficient (Wildman–Crippen LogP) is 6.95. The average molecular weight is 541 g/mol. The summed E-state index contributed by atoms with van der Waals surface area (Å²) in [5.41, 5.74) is -1.57. The molecule has 0 aromatic heterocycles. The Labute approximate surface area is 221 Å². The third kappa shape index (κ3) is 11.3. The van der Waals surface area contributed by atoms with Gasteiger partial charge in [-0.3, -0.25) is 4.79 Å². The topological polar surface area (TPSA) is 82.1 Å².